The summed E-state index contributed by atoms with van der Waals surface area (Å²) in [5.41, 5.74) is 0. The molecule has 0 aliphatic rings. The fourth-order valence-electron chi connectivity index (χ4n) is 2.00. The van der Waals surface area contributed by atoms with Crippen LogP contribution in [0.15, 0.2) is 4.99 Å². The van der Waals surface area contributed by atoms with Crippen LogP contribution in [0.3, 0.4) is 0 Å². The summed E-state index contributed by atoms with van der Waals surface area (Å²) in [7, 11) is 1.40. The number of carbonyl (C=O) groups excluding carboxylic acids is 1. The fraction of sp³-hybridized carbons (Fsp3) is 0.875. The van der Waals surface area contributed by atoms with Gasteiger partial charge in [0, 0.05) is 12.8 Å². The van der Waals surface area contributed by atoms with Crippen molar-refractivity contribution in [1.82, 2.24) is 0 Å². The Kier molecular flexibility index (Phi) is 14.5. The number of hydrogen-bond donors (Lipinski definition) is 0. The maximum Gasteiger partial charge on any atom is 0.310 e. The molecule has 0 saturated heterocycles. The van der Waals surface area contributed by atoms with Crippen LogP contribution >= 0.6 is 0 Å². The minimum Gasteiger partial charge on any atom is -0.469 e. The quantitative estimate of drug-likeness (QED) is 0.280. The summed E-state index contributed by atoms with van der Waals surface area (Å²) in [4.78, 5) is 15.0. The normalized spacial score (nSPS) is 11.1. The van der Waals surface area contributed by atoms with E-state index >= 15 is 0 Å². The van der Waals surface area contributed by atoms with E-state index in [0.29, 0.717) is 6.42 Å². The zero-order valence-corrected chi connectivity index (χ0v) is 12.8. The Hall–Kier alpha value is -0.860. The zero-order chi connectivity index (χ0) is 14.2. The van der Waals surface area contributed by atoms with E-state index in [1.54, 1.807) is 6.21 Å². The molecule has 0 fully saturated rings. The van der Waals surface area contributed by atoms with E-state index < -0.39 is 0 Å². The average Bonchev–Trinajstić information content (AvgIpc) is 2.43. The maximum absolute atomic E-state index is 10.8. The van der Waals surface area contributed by atoms with Gasteiger partial charge < -0.3 is 4.74 Å². The summed E-state index contributed by atoms with van der Waals surface area (Å²) in [5.74, 6) is -0.216. The predicted molar refractivity (Wildman–Crippen MR) is 81.8 cm³/mol. The van der Waals surface area contributed by atoms with Gasteiger partial charge in [0.1, 0.15) is 0 Å². The first-order valence-electron chi connectivity index (χ1n) is 7.86. The van der Waals surface area contributed by atoms with Crippen LogP contribution in [0.2, 0.25) is 0 Å². The molecule has 0 atom stereocenters. The van der Waals surface area contributed by atoms with Crippen molar-refractivity contribution in [2.24, 2.45) is 4.99 Å². The first-order chi connectivity index (χ1) is 9.31. The SMILES string of the molecule is CCCCCCCCCCCCN=CCC(=O)OC. The van der Waals surface area contributed by atoms with Crippen molar-refractivity contribution in [2.45, 2.75) is 77.6 Å². The molecule has 0 aliphatic carbocycles. The van der Waals surface area contributed by atoms with Gasteiger partial charge in [-0.25, -0.2) is 0 Å². The predicted octanol–water partition coefficient (Wildman–Crippen LogP) is 4.54. The minimum absolute atomic E-state index is 0.216. The van der Waals surface area contributed by atoms with E-state index in [1.165, 1.54) is 64.9 Å². The Morgan fingerprint density at radius 2 is 1.47 bits per heavy atom. The second kappa shape index (κ2) is 15.2. The molecule has 0 radical (unpaired) electrons. The highest BCUT2D eigenvalue weighted by molar-refractivity contribution is 5.85. The first-order valence-corrected chi connectivity index (χ1v) is 7.86. The summed E-state index contributed by atoms with van der Waals surface area (Å²) in [6.45, 7) is 3.10. The molecule has 0 aromatic carbocycles. The zero-order valence-electron chi connectivity index (χ0n) is 12.8. The minimum atomic E-state index is -0.216. The Bertz CT molecular complexity index is 227. The molecule has 0 amide bonds. The van der Waals surface area contributed by atoms with Gasteiger partial charge in [-0.2, -0.15) is 0 Å². The summed E-state index contributed by atoms with van der Waals surface area (Å²) < 4.78 is 4.53. The first kappa shape index (κ1) is 18.1. The lowest BCUT2D eigenvalue weighted by atomic mass is 10.1. The number of ether oxygens (including phenoxy) is 1. The lowest BCUT2D eigenvalue weighted by molar-refractivity contribution is -0.139. The number of rotatable bonds is 13. The number of carbonyl (C=O) groups is 1. The number of esters is 1. The molecule has 3 nitrogen and oxygen atoms in total. The molecule has 0 aromatic heterocycles. The highest BCUT2D eigenvalue weighted by atomic mass is 16.5. The van der Waals surface area contributed by atoms with Crippen LogP contribution in [0.1, 0.15) is 77.6 Å². The van der Waals surface area contributed by atoms with Gasteiger partial charge in [0.25, 0.3) is 0 Å². The Labute approximate surface area is 118 Å². The number of aliphatic imine (C=N–C) groups is 1. The van der Waals surface area contributed by atoms with E-state index in [9.17, 15) is 4.79 Å². The standard InChI is InChI=1S/C16H31NO2/c1-3-4-5-6-7-8-9-10-11-12-14-17-15-13-16(18)19-2/h15H,3-14H2,1-2H3. The van der Waals surface area contributed by atoms with Crippen LogP contribution in [0.25, 0.3) is 0 Å². The van der Waals surface area contributed by atoms with Crippen molar-refractivity contribution in [2.75, 3.05) is 13.7 Å². The smallest absolute Gasteiger partial charge is 0.310 e. The summed E-state index contributed by atoms with van der Waals surface area (Å²) in [6.07, 6.45) is 15.4. The van der Waals surface area contributed by atoms with E-state index in [-0.39, 0.29) is 5.97 Å². The molecule has 19 heavy (non-hydrogen) atoms. The molecule has 0 saturated carbocycles. The third-order valence-corrected chi connectivity index (χ3v) is 3.26. The Balaban J connectivity index is 3.08. The van der Waals surface area contributed by atoms with Crippen molar-refractivity contribution in [3.63, 3.8) is 0 Å². The number of nitrogens with zero attached hydrogens (tertiary/aromatic N) is 1. The number of methoxy groups -OCH3 is 1. The third kappa shape index (κ3) is 15.1. The van der Waals surface area contributed by atoms with Crippen molar-refractivity contribution in [3.8, 4) is 0 Å². The second-order valence-electron chi connectivity index (χ2n) is 5.05. The average molecular weight is 269 g/mol. The third-order valence-electron chi connectivity index (χ3n) is 3.26. The topological polar surface area (TPSA) is 38.7 Å². The lowest BCUT2D eigenvalue weighted by Crippen LogP contribution is -2.00. The number of unbranched alkanes of at least 4 members (excludes halogenated alkanes) is 9. The molecule has 0 aromatic rings. The van der Waals surface area contributed by atoms with E-state index in [4.69, 9.17) is 0 Å². The Morgan fingerprint density at radius 3 is 2.00 bits per heavy atom. The van der Waals surface area contributed by atoms with Gasteiger partial charge in [-0.15, -0.1) is 0 Å². The van der Waals surface area contributed by atoms with Crippen LogP contribution in [0.5, 0.6) is 0 Å². The number of hydrogen-bond acceptors (Lipinski definition) is 3. The maximum atomic E-state index is 10.8. The second-order valence-corrected chi connectivity index (χ2v) is 5.05. The van der Waals surface area contributed by atoms with Crippen molar-refractivity contribution >= 4 is 12.2 Å². The molecule has 0 spiro atoms. The highest BCUT2D eigenvalue weighted by Crippen LogP contribution is 2.10. The summed E-state index contributed by atoms with van der Waals surface area (Å²) >= 11 is 0. The van der Waals surface area contributed by atoms with Crippen LogP contribution in [-0.4, -0.2) is 25.8 Å². The Morgan fingerprint density at radius 1 is 0.947 bits per heavy atom. The van der Waals surface area contributed by atoms with Gasteiger partial charge in [0.2, 0.25) is 0 Å². The van der Waals surface area contributed by atoms with E-state index in [0.717, 1.165) is 13.0 Å². The molecule has 0 heterocycles. The van der Waals surface area contributed by atoms with Gasteiger partial charge >= 0.3 is 5.97 Å². The monoisotopic (exact) mass is 269 g/mol. The molecule has 0 aliphatic heterocycles. The van der Waals surface area contributed by atoms with E-state index in [2.05, 4.69) is 16.7 Å². The molecule has 0 unspecified atom stereocenters. The van der Waals surface area contributed by atoms with Crippen LogP contribution < -0.4 is 0 Å². The van der Waals surface area contributed by atoms with E-state index in [1.807, 2.05) is 0 Å². The molecule has 0 N–H and O–H groups in total. The van der Waals surface area contributed by atoms with Crippen molar-refractivity contribution in [1.29, 1.82) is 0 Å². The van der Waals surface area contributed by atoms with Gasteiger partial charge in [-0.1, -0.05) is 64.7 Å². The van der Waals surface area contributed by atoms with Crippen LogP contribution in [0.4, 0.5) is 0 Å². The van der Waals surface area contributed by atoms with Gasteiger partial charge in [-0.05, 0) is 6.42 Å². The molecular formula is C16H31NO2. The molecular weight excluding hydrogens is 238 g/mol. The molecule has 0 bridgehead atoms. The largest absolute Gasteiger partial charge is 0.469 e. The summed E-state index contributed by atoms with van der Waals surface area (Å²) in [6, 6.07) is 0. The van der Waals surface area contributed by atoms with Crippen LogP contribution in [0, 0.1) is 0 Å². The fourth-order valence-corrected chi connectivity index (χ4v) is 2.00. The molecule has 112 valence electrons. The van der Waals surface area contributed by atoms with Crippen molar-refractivity contribution in [3.05, 3.63) is 0 Å². The highest BCUT2D eigenvalue weighted by Gasteiger charge is 1.94. The summed E-state index contributed by atoms with van der Waals surface area (Å²) in [5, 5.41) is 0. The molecule has 0 rings (SSSR count). The van der Waals surface area contributed by atoms with Crippen molar-refractivity contribution < 1.29 is 9.53 Å². The molecule has 3 heteroatoms. The lowest BCUT2D eigenvalue weighted by Gasteiger charge is -2.01. The van der Waals surface area contributed by atoms with Gasteiger partial charge in [-0.3, -0.25) is 9.79 Å². The van der Waals surface area contributed by atoms with Gasteiger partial charge in [0.05, 0.1) is 13.5 Å². The van der Waals surface area contributed by atoms with Gasteiger partial charge in [0.15, 0.2) is 0 Å². The van der Waals surface area contributed by atoms with Crippen LogP contribution in [-0.2, 0) is 9.53 Å².